The van der Waals surface area contributed by atoms with Gasteiger partial charge in [-0.2, -0.15) is 0 Å². The van der Waals surface area contributed by atoms with Gasteiger partial charge in [-0.25, -0.2) is 8.78 Å². The summed E-state index contributed by atoms with van der Waals surface area (Å²) in [5.74, 6) is -2.31. The van der Waals surface area contributed by atoms with Crippen LogP contribution in [0.1, 0.15) is 44.1 Å². The predicted molar refractivity (Wildman–Crippen MR) is 69.5 cm³/mol. The number of nitrogens with two attached hydrogens (primary N) is 1. The number of hydrogen-bond donors (Lipinski definition) is 2. The SMILES string of the molecule is N=C(N)c1cc(F)c(OC2CCCCCC2)c(F)c1. The van der Waals surface area contributed by atoms with Crippen LogP contribution < -0.4 is 10.5 Å². The van der Waals surface area contributed by atoms with Gasteiger partial charge in [0.1, 0.15) is 5.84 Å². The van der Waals surface area contributed by atoms with E-state index >= 15 is 0 Å². The Kier molecular flexibility index (Phi) is 4.35. The van der Waals surface area contributed by atoms with Gasteiger partial charge in [0.25, 0.3) is 0 Å². The second-order valence-corrected chi connectivity index (χ2v) is 4.91. The van der Waals surface area contributed by atoms with Crippen molar-refractivity contribution in [3.8, 4) is 5.75 Å². The molecule has 0 atom stereocenters. The Morgan fingerprint density at radius 1 is 1.11 bits per heavy atom. The lowest BCUT2D eigenvalue weighted by molar-refractivity contribution is 0.167. The van der Waals surface area contributed by atoms with E-state index in [1.165, 1.54) is 0 Å². The molecule has 1 aromatic rings. The van der Waals surface area contributed by atoms with Crippen LogP contribution in [0.2, 0.25) is 0 Å². The van der Waals surface area contributed by atoms with Crippen molar-refractivity contribution in [1.29, 1.82) is 5.41 Å². The lowest BCUT2D eigenvalue weighted by atomic mass is 10.1. The smallest absolute Gasteiger partial charge is 0.191 e. The molecule has 1 aromatic carbocycles. The van der Waals surface area contributed by atoms with Crippen molar-refractivity contribution in [3.05, 3.63) is 29.3 Å². The molecule has 104 valence electrons. The molecule has 3 N–H and O–H groups in total. The highest BCUT2D eigenvalue weighted by atomic mass is 19.1. The molecule has 19 heavy (non-hydrogen) atoms. The molecule has 2 rings (SSSR count). The standard InChI is InChI=1S/C14H18F2N2O/c15-11-7-9(14(17)18)8-12(16)13(11)19-10-5-3-1-2-4-6-10/h7-8,10H,1-6H2,(H3,17,18). The number of hydrogen-bond acceptors (Lipinski definition) is 2. The number of halogens is 2. The summed E-state index contributed by atoms with van der Waals surface area (Å²) < 4.78 is 33.1. The van der Waals surface area contributed by atoms with Crippen LogP contribution in [0.25, 0.3) is 0 Å². The summed E-state index contributed by atoms with van der Waals surface area (Å²) in [6.45, 7) is 0. The summed E-state index contributed by atoms with van der Waals surface area (Å²) in [6, 6.07) is 2.08. The normalized spacial score (nSPS) is 16.9. The van der Waals surface area contributed by atoms with Gasteiger partial charge in [-0.3, -0.25) is 5.41 Å². The molecule has 3 nitrogen and oxygen atoms in total. The van der Waals surface area contributed by atoms with E-state index in [0.717, 1.165) is 50.7 Å². The fourth-order valence-corrected chi connectivity index (χ4v) is 2.35. The zero-order valence-corrected chi connectivity index (χ0v) is 10.7. The van der Waals surface area contributed by atoms with E-state index in [0.29, 0.717) is 0 Å². The molecule has 0 heterocycles. The maximum Gasteiger partial charge on any atom is 0.191 e. The summed E-state index contributed by atoms with van der Waals surface area (Å²) in [7, 11) is 0. The van der Waals surface area contributed by atoms with Crippen molar-refractivity contribution in [3.63, 3.8) is 0 Å². The monoisotopic (exact) mass is 268 g/mol. The minimum absolute atomic E-state index is 0.0308. The summed E-state index contributed by atoms with van der Waals surface area (Å²) in [6.07, 6.45) is 5.87. The van der Waals surface area contributed by atoms with E-state index in [-0.39, 0.29) is 23.3 Å². The molecule has 1 aliphatic carbocycles. The van der Waals surface area contributed by atoms with Crippen LogP contribution in [0.3, 0.4) is 0 Å². The van der Waals surface area contributed by atoms with Gasteiger partial charge in [0, 0.05) is 5.56 Å². The summed E-state index contributed by atoms with van der Waals surface area (Å²) in [5, 5.41) is 7.18. The summed E-state index contributed by atoms with van der Waals surface area (Å²) >= 11 is 0. The van der Waals surface area contributed by atoms with Crippen LogP contribution in [0.4, 0.5) is 8.78 Å². The molecule has 0 unspecified atom stereocenters. The largest absolute Gasteiger partial charge is 0.484 e. The lowest BCUT2D eigenvalue weighted by Crippen LogP contribution is -2.18. The highest BCUT2D eigenvalue weighted by Gasteiger charge is 2.19. The molecule has 0 amide bonds. The summed E-state index contributed by atoms with van der Waals surface area (Å²) in [5.41, 5.74) is 5.25. The van der Waals surface area contributed by atoms with E-state index in [4.69, 9.17) is 15.9 Å². The first-order valence-electron chi connectivity index (χ1n) is 6.58. The van der Waals surface area contributed by atoms with Gasteiger partial charge < -0.3 is 10.5 Å². The number of benzene rings is 1. The molecule has 0 aromatic heterocycles. The highest BCUT2D eigenvalue weighted by Crippen LogP contribution is 2.28. The van der Waals surface area contributed by atoms with Gasteiger partial charge in [0.15, 0.2) is 17.4 Å². The Balaban J connectivity index is 2.17. The zero-order valence-electron chi connectivity index (χ0n) is 10.7. The summed E-state index contributed by atoms with van der Waals surface area (Å²) in [4.78, 5) is 0. The first-order valence-corrected chi connectivity index (χ1v) is 6.58. The third kappa shape index (κ3) is 3.43. The topological polar surface area (TPSA) is 59.1 Å². The third-order valence-corrected chi connectivity index (χ3v) is 3.40. The number of rotatable bonds is 3. The molecule has 5 heteroatoms. The van der Waals surface area contributed by atoms with Gasteiger partial charge in [-0.15, -0.1) is 0 Å². The van der Waals surface area contributed by atoms with E-state index in [1.807, 2.05) is 0 Å². The average Bonchev–Trinajstić information content (AvgIpc) is 2.61. The fraction of sp³-hybridized carbons (Fsp3) is 0.500. The van der Waals surface area contributed by atoms with Gasteiger partial charge in [-0.1, -0.05) is 12.8 Å². The van der Waals surface area contributed by atoms with Crippen LogP contribution in [-0.2, 0) is 0 Å². The van der Waals surface area contributed by atoms with Gasteiger partial charge in [-0.05, 0) is 37.8 Å². The second-order valence-electron chi connectivity index (χ2n) is 4.91. The highest BCUT2D eigenvalue weighted by molar-refractivity contribution is 5.95. The molecule has 1 fully saturated rings. The number of amidine groups is 1. The molecule has 0 bridgehead atoms. The van der Waals surface area contributed by atoms with Crippen LogP contribution in [-0.4, -0.2) is 11.9 Å². The Bertz CT molecular complexity index is 446. The molecule has 0 spiro atoms. The maximum atomic E-state index is 13.8. The van der Waals surface area contributed by atoms with E-state index in [1.54, 1.807) is 0 Å². The van der Waals surface area contributed by atoms with Gasteiger partial charge >= 0.3 is 0 Å². The van der Waals surface area contributed by atoms with Crippen molar-refractivity contribution in [2.45, 2.75) is 44.6 Å². The Morgan fingerprint density at radius 3 is 2.11 bits per heavy atom. The van der Waals surface area contributed by atoms with Crippen LogP contribution >= 0.6 is 0 Å². The third-order valence-electron chi connectivity index (χ3n) is 3.40. The number of nitrogen functional groups attached to an aromatic ring is 1. The van der Waals surface area contributed by atoms with E-state index in [2.05, 4.69) is 0 Å². The molecule has 0 radical (unpaired) electrons. The number of nitrogens with one attached hydrogen (secondary N) is 1. The fourth-order valence-electron chi connectivity index (χ4n) is 2.35. The van der Waals surface area contributed by atoms with Crippen molar-refractivity contribution >= 4 is 5.84 Å². The molecule has 1 aliphatic rings. The Morgan fingerprint density at radius 2 is 1.63 bits per heavy atom. The molecule has 1 saturated carbocycles. The lowest BCUT2D eigenvalue weighted by Gasteiger charge is -2.18. The van der Waals surface area contributed by atoms with Crippen LogP contribution in [0, 0.1) is 17.0 Å². The maximum absolute atomic E-state index is 13.8. The molecule has 0 saturated heterocycles. The average molecular weight is 268 g/mol. The van der Waals surface area contributed by atoms with E-state index < -0.39 is 11.6 Å². The van der Waals surface area contributed by atoms with Crippen molar-refractivity contribution < 1.29 is 13.5 Å². The molecular formula is C14H18F2N2O. The Hall–Kier alpha value is -1.65. The van der Waals surface area contributed by atoms with Gasteiger partial charge in [0.05, 0.1) is 6.10 Å². The minimum Gasteiger partial charge on any atom is -0.484 e. The van der Waals surface area contributed by atoms with Crippen molar-refractivity contribution in [2.24, 2.45) is 5.73 Å². The molecule has 0 aliphatic heterocycles. The zero-order chi connectivity index (χ0) is 13.8. The quantitative estimate of drug-likeness (QED) is 0.501. The minimum atomic E-state index is -0.797. The van der Waals surface area contributed by atoms with Crippen LogP contribution in [0.5, 0.6) is 5.75 Å². The molecular weight excluding hydrogens is 250 g/mol. The number of ether oxygens (including phenoxy) is 1. The first-order chi connectivity index (χ1) is 9.08. The van der Waals surface area contributed by atoms with E-state index in [9.17, 15) is 8.78 Å². The van der Waals surface area contributed by atoms with Crippen molar-refractivity contribution in [1.82, 2.24) is 0 Å². The second kappa shape index (κ2) is 5.99. The predicted octanol–water partition coefficient (Wildman–Crippen LogP) is 3.35. The van der Waals surface area contributed by atoms with Crippen molar-refractivity contribution in [2.75, 3.05) is 0 Å². The Labute approximate surface area is 111 Å². The first kappa shape index (κ1) is 13.8. The van der Waals surface area contributed by atoms with Crippen LogP contribution in [0.15, 0.2) is 12.1 Å². The van der Waals surface area contributed by atoms with Gasteiger partial charge in [0.2, 0.25) is 0 Å².